The molecule has 2 bridgehead atoms. The standard InChI is InChI=1S/C13H20BClO2/c1-12(2)9-7-10(12)13(3)11(8-9)16-14(17-13)5-4-6-15/h4-5,9-11H,6-8H2,1-3H3/b5-4+/t9-,10-,11+,13-/m1/s1. The van der Waals surface area contributed by atoms with Crippen molar-refractivity contribution in [3.05, 3.63) is 12.1 Å². The summed E-state index contributed by atoms with van der Waals surface area (Å²) in [5.41, 5.74) is 0.319. The summed E-state index contributed by atoms with van der Waals surface area (Å²) < 4.78 is 12.2. The summed E-state index contributed by atoms with van der Waals surface area (Å²) in [5, 5.41) is 0. The Morgan fingerprint density at radius 1 is 1.35 bits per heavy atom. The van der Waals surface area contributed by atoms with E-state index >= 15 is 0 Å². The van der Waals surface area contributed by atoms with Gasteiger partial charge in [0.15, 0.2) is 0 Å². The summed E-state index contributed by atoms with van der Waals surface area (Å²) >= 11 is 5.65. The zero-order valence-corrected chi connectivity index (χ0v) is 11.5. The Morgan fingerprint density at radius 3 is 2.76 bits per heavy atom. The summed E-state index contributed by atoms with van der Waals surface area (Å²) in [4.78, 5) is 0. The molecule has 0 aromatic carbocycles. The number of rotatable bonds is 2. The molecule has 3 saturated carbocycles. The van der Waals surface area contributed by atoms with Crippen molar-refractivity contribution in [1.82, 2.24) is 0 Å². The van der Waals surface area contributed by atoms with Crippen LogP contribution in [0.3, 0.4) is 0 Å². The zero-order valence-electron chi connectivity index (χ0n) is 10.8. The van der Waals surface area contributed by atoms with E-state index in [1.807, 2.05) is 12.1 Å². The van der Waals surface area contributed by atoms with E-state index in [9.17, 15) is 0 Å². The third kappa shape index (κ3) is 1.55. The summed E-state index contributed by atoms with van der Waals surface area (Å²) in [6, 6.07) is 0. The molecule has 1 aliphatic heterocycles. The van der Waals surface area contributed by atoms with Crippen LogP contribution in [0.15, 0.2) is 12.1 Å². The number of hydrogen-bond donors (Lipinski definition) is 0. The van der Waals surface area contributed by atoms with Gasteiger partial charge in [0.05, 0.1) is 11.7 Å². The van der Waals surface area contributed by atoms with Crippen molar-refractivity contribution < 1.29 is 9.31 Å². The van der Waals surface area contributed by atoms with Crippen LogP contribution in [0.1, 0.15) is 33.6 Å². The summed E-state index contributed by atoms with van der Waals surface area (Å²) in [6.07, 6.45) is 4.62. The molecule has 0 spiro atoms. The highest BCUT2D eigenvalue weighted by Crippen LogP contribution is 2.65. The van der Waals surface area contributed by atoms with Crippen molar-refractivity contribution in [1.29, 1.82) is 0 Å². The van der Waals surface area contributed by atoms with Crippen LogP contribution in [0.5, 0.6) is 0 Å². The molecule has 0 aromatic heterocycles. The first-order valence-corrected chi connectivity index (χ1v) is 7.08. The highest BCUT2D eigenvalue weighted by atomic mass is 35.5. The van der Waals surface area contributed by atoms with Gasteiger partial charge in [0.25, 0.3) is 0 Å². The predicted molar refractivity (Wildman–Crippen MR) is 70.0 cm³/mol. The molecule has 3 aliphatic carbocycles. The minimum atomic E-state index is -0.195. The van der Waals surface area contributed by atoms with E-state index in [1.165, 1.54) is 6.42 Å². The first kappa shape index (κ1) is 12.1. The van der Waals surface area contributed by atoms with E-state index in [-0.39, 0.29) is 18.8 Å². The maximum atomic E-state index is 6.17. The lowest BCUT2D eigenvalue weighted by Gasteiger charge is -2.64. The van der Waals surface area contributed by atoms with Gasteiger partial charge in [-0.3, -0.25) is 0 Å². The molecule has 17 heavy (non-hydrogen) atoms. The maximum absolute atomic E-state index is 6.17. The maximum Gasteiger partial charge on any atom is 0.486 e. The Morgan fingerprint density at radius 2 is 2.12 bits per heavy atom. The molecule has 1 saturated heterocycles. The van der Waals surface area contributed by atoms with Gasteiger partial charge in [0, 0.05) is 5.88 Å². The van der Waals surface area contributed by atoms with Crippen molar-refractivity contribution in [3.63, 3.8) is 0 Å². The van der Waals surface area contributed by atoms with Crippen LogP contribution in [-0.2, 0) is 9.31 Å². The third-order valence-corrected chi connectivity index (χ3v) is 5.53. The van der Waals surface area contributed by atoms with Crippen LogP contribution < -0.4 is 0 Å². The molecule has 94 valence electrons. The van der Waals surface area contributed by atoms with Crippen molar-refractivity contribution in [3.8, 4) is 0 Å². The molecule has 0 unspecified atom stereocenters. The van der Waals surface area contributed by atoms with Crippen molar-refractivity contribution in [2.24, 2.45) is 17.3 Å². The molecule has 2 nitrogen and oxygen atoms in total. The quantitative estimate of drug-likeness (QED) is 0.557. The van der Waals surface area contributed by atoms with Gasteiger partial charge < -0.3 is 9.31 Å². The first-order valence-electron chi connectivity index (χ1n) is 6.54. The van der Waals surface area contributed by atoms with E-state index in [4.69, 9.17) is 20.9 Å². The molecular weight excluding hydrogens is 234 g/mol. The molecule has 0 N–H and O–H groups in total. The van der Waals surface area contributed by atoms with Gasteiger partial charge in [-0.25, -0.2) is 0 Å². The number of allylic oxidation sites excluding steroid dienone is 1. The first-order chi connectivity index (χ1) is 7.98. The van der Waals surface area contributed by atoms with Crippen LogP contribution >= 0.6 is 11.6 Å². The van der Waals surface area contributed by atoms with E-state index in [2.05, 4.69) is 20.8 Å². The molecule has 4 rings (SSSR count). The number of hydrogen-bond acceptors (Lipinski definition) is 2. The van der Waals surface area contributed by atoms with Gasteiger partial charge >= 0.3 is 7.12 Å². The van der Waals surface area contributed by atoms with Crippen molar-refractivity contribution >= 4 is 18.7 Å². The van der Waals surface area contributed by atoms with Crippen LogP contribution in [0.2, 0.25) is 0 Å². The topological polar surface area (TPSA) is 18.5 Å². The SMILES string of the molecule is CC1(C)[C@H]2C[C@@H]3OB(/C=C/CCl)O[C@]3(C)[C@@H]1C2. The van der Waals surface area contributed by atoms with Crippen LogP contribution in [0.4, 0.5) is 0 Å². The minimum Gasteiger partial charge on any atom is -0.402 e. The molecule has 0 aromatic rings. The fourth-order valence-electron chi connectivity index (χ4n) is 4.14. The predicted octanol–water partition coefficient (Wildman–Crippen LogP) is 3.05. The number of halogens is 1. The van der Waals surface area contributed by atoms with Gasteiger partial charge in [-0.2, -0.15) is 0 Å². The molecule has 0 amide bonds. The average Bonchev–Trinajstić information content (AvgIpc) is 2.61. The monoisotopic (exact) mass is 254 g/mol. The fraction of sp³-hybridized carbons (Fsp3) is 0.846. The molecule has 4 fully saturated rings. The highest BCUT2D eigenvalue weighted by Gasteiger charge is 2.67. The Kier molecular flexibility index (Phi) is 2.66. The average molecular weight is 255 g/mol. The zero-order chi connectivity index (χ0) is 12.3. The Labute approximate surface area is 109 Å². The summed E-state index contributed by atoms with van der Waals surface area (Å²) in [7, 11) is -0.195. The Bertz CT molecular complexity index is 357. The Balaban J connectivity index is 1.80. The second kappa shape index (κ2) is 3.75. The van der Waals surface area contributed by atoms with Crippen molar-refractivity contribution in [2.75, 3.05) is 5.88 Å². The molecule has 0 radical (unpaired) electrons. The van der Waals surface area contributed by atoms with E-state index in [0.29, 0.717) is 17.2 Å². The van der Waals surface area contributed by atoms with Gasteiger partial charge in [0.1, 0.15) is 0 Å². The van der Waals surface area contributed by atoms with E-state index in [0.717, 1.165) is 12.3 Å². The molecule has 4 heteroatoms. The minimum absolute atomic E-state index is 0.0976. The highest BCUT2D eigenvalue weighted by molar-refractivity contribution is 6.51. The lowest BCUT2D eigenvalue weighted by Crippen LogP contribution is -2.65. The molecule has 4 atom stereocenters. The van der Waals surface area contributed by atoms with Gasteiger partial charge in [0.2, 0.25) is 0 Å². The second-order valence-electron chi connectivity index (χ2n) is 6.42. The van der Waals surface area contributed by atoms with E-state index < -0.39 is 0 Å². The van der Waals surface area contributed by atoms with Gasteiger partial charge in [-0.1, -0.05) is 25.9 Å². The number of alkyl halides is 1. The normalized spacial score (nSPS) is 47.1. The van der Waals surface area contributed by atoms with E-state index in [1.54, 1.807) is 0 Å². The lowest BCUT2D eigenvalue weighted by atomic mass is 9.43. The Hall–Kier alpha value is 0.0149. The third-order valence-electron chi connectivity index (χ3n) is 5.35. The van der Waals surface area contributed by atoms with Crippen molar-refractivity contribution in [2.45, 2.75) is 45.3 Å². The molecule has 1 heterocycles. The largest absolute Gasteiger partial charge is 0.486 e. The second-order valence-corrected chi connectivity index (χ2v) is 6.73. The lowest BCUT2D eigenvalue weighted by molar-refractivity contribution is -0.199. The summed E-state index contributed by atoms with van der Waals surface area (Å²) in [6.45, 7) is 6.98. The molecular formula is C13H20BClO2. The summed E-state index contributed by atoms with van der Waals surface area (Å²) in [5.74, 6) is 3.90. The smallest absolute Gasteiger partial charge is 0.402 e. The van der Waals surface area contributed by atoms with Crippen LogP contribution in [-0.4, -0.2) is 24.7 Å². The van der Waals surface area contributed by atoms with Crippen LogP contribution in [0, 0.1) is 17.3 Å². The van der Waals surface area contributed by atoms with Crippen LogP contribution in [0.25, 0.3) is 0 Å². The van der Waals surface area contributed by atoms with Gasteiger partial charge in [-0.15, -0.1) is 11.6 Å². The van der Waals surface area contributed by atoms with Gasteiger partial charge in [-0.05, 0) is 37.0 Å². The molecule has 4 aliphatic rings. The fourth-order valence-corrected chi connectivity index (χ4v) is 4.24.